The highest BCUT2D eigenvalue weighted by Gasteiger charge is 2.48. The zero-order valence-corrected chi connectivity index (χ0v) is 17.9. The Balaban J connectivity index is 1.92. The average molecular weight is 438 g/mol. The van der Waals surface area contributed by atoms with Gasteiger partial charge in [0.25, 0.3) is 5.78 Å². The number of nitrogens with zero attached hydrogens (tertiary/aromatic N) is 2. The Labute approximate surface area is 182 Å². The molecule has 6 nitrogen and oxygen atoms in total. The number of methoxy groups -OCH3 is 1. The largest absolute Gasteiger partial charge is 0.507 e. The van der Waals surface area contributed by atoms with Gasteiger partial charge >= 0.3 is 5.91 Å². The fourth-order valence-electron chi connectivity index (χ4n) is 3.45. The number of aromatic nitrogens is 1. The lowest BCUT2D eigenvalue weighted by atomic mass is 9.95. The maximum atomic E-state index is 13.6. The van der Waals surface area contributed by atoms with Crippen molar-refractivity contribution in [1.82, 2.24) is 4.98 Å². The summed E-state index contributed by atoms with van der Waals surface area (Å²) in [6.45, 7) is 3.69. The van der Waals surface area contributed by atoms with Crippen LogP contribution in [0, 0.1) is 19.7 Å². The number of halogens is 1. The molecule has 2 aromatic carbocycles. The number of hydrogen-bond acceptors (Lipinski definition) is 6. The minimum Gasteiger partial charge on any atom is -0.507 e. The monoisotopic (exact) mass is 438 g/mol. The third kappa shape index (κ3) is 3.59. The molecule has 3 aromatic rings. The highest BCUT2D eigenvalue weighted by atomic mass is 32.1. The number of carbonyl (C=O) groups excluding carboxylic acids is 2. The molecule has 1 atom stereocenters. The van der Waals surface area contributed by atoms with E-state index in [4.69, 9.17) is 4.74 Å². The summed E-state index contributed by atoms with van der Waals surface area (Å²) in [6, 6.07) is 11.0. The van der Waals surface area contributed by atoms with Crippen LogP contribution in [0.4, 0.5) is 9.52 Å². The van der Waals surface area contributed by atoms with E-state index >= 15 is 0 Å². The predicted octanol–water partition coefficient (Wildman–Crippen LogP) is 4.53. The summed E-state index contributed by atoms with van der Waals surface area (Å²) in [7, 11) is 1.52. The number of hydrogen-bond donors (Lipinski definition) is 1. The molecule has 0 radical (unpaired) electrons. The van der Waals surface area contributed by atoms with Gasteiger partial charge in [0.1, 0.15) is 17.3 Å². The van der Waals surface area contributed by atoms with Crippen LogP contribution in [0.2, 0.25) is 0 Å². The van der Waals surface area contributed by atoms with Gasteiger partial charge in [-0.2, -0.15) is 0 Å². The van der Waals surface area contributed by atoms with E-state index in [-0.39, 0.29) is 11.3 Å². The van der Waals surface area contributed by atoms with Crippen LogP contribution in [0.1, 0.15) is 27.7 Å². The summed E-state index contributed by atoms with van der Waals surface area (Å²) in [5, 5.41) is 11.4. The van der Waals surface area contributed by atoms with E-state index < -0.39 is 23.5 Å². The van der Waals surface area contributed by atoms with Gasteiger partial charge in [-0.3, -0.25) is 14.5 Å². The van der Waals surface area contributed by atoms with Crippen molar-refractivity contribution in [3.05, 3.63) is 81.6 Å². The summed E-state index contributed by atoms with van der Waals surface area (Å²) in [6.07, 6.45) is 0. The third-order valence-electron chi connectivity index (χ3n) is 5.22. The predicted molar refractivity (Wildman–Crippen MR) is 116 cm³/mol. The molecule has 8 heteroatoms. The van der Waals surface area contributed by atoms with Crippen molar-refractivity contribution >= 4 is 33.9 Å². The van der Waals surface area contributed by atoms with Gasteiger partial charge < -0.3 is 9.84 Å². The highest BCUT2D eigenvalue weighted by molar-refractivity contribution is 7.16. The fourth-order valence-corrected chi connectivity index (χ4v) is 4.39. The van der Waals surface area contributed by atoms with Crippen molar-refractivity contribution in [2.75, 3.05) is 12.0 Å². The molecule has 0 bridgehead atoms. The van der Waals surface area contributed by atoms with Crippen LogP contribution in [-0.2, 0) is 9.59 Å². The number of aliphatic hydroxyl groups excluding tert-OH is 1. The Morgan fingerprint density at radius 2 is 1.74 bits per heavy atom. The first kappa shape index (κ1) is 20.7. The van der Waals surface area contributed by atoms with Crippen molar-refractivity contribution in [1.29, 1.82) is 0 Å². The second-order valence-corrected chi connectivity index (χ2v) is 8.27. The highest BCUT2D eigenvalue weighted by Crippen LogP contribution is 2.43. The second kappa shape index (κ2) is 7.96. The number of Topliss-reactive ketones (excluding diaryl/α,β-unsaturated/α-hetero) is 1. The Morgan fingerprint density at radius 3 is 2.29 bits per heavy atom. The second-order valence-electron chi connectivity index (χ2n) is 7.09. The molecule has 1 fully saturated rings. The molecule has 1 saturated heterocycles. The maximum Gasteiger partial charge on any atom is 0.301 e. The summed E-state index contributed by atoms with van der Waals surface area (Å²) in [4.78, 5) is 32.7. The van der Waals surface area contributed by atoms with E-state index in [2.05, 4.69) is 4.98 Å². The summed E-state index contributed by atoms with van der Waals surface area (Å²) < 4.78 is 18.7. The molecule has 1 aliphatic rings. The molecule has 4 rings (SSSR count). The number of aryl methyl sites for hydroxylation is 2. The van der Waals surface area contributed by atoms with Gasteiger partial charge in [0.05, 0.1) is 24.4 Å². The Hall–Kier alpha value is -3.52. The Kier molecular flexibility index (Phi) is 5.32. The van der Waals surface area contributed by atoms with Crippen molar-refractivity contribution < 1.29 is 23.8 Å². The third-order valence-corrected chi connectivity index (χ3v) is 6.29. The molecule has 31 heavy (non-hydrogen) atoms. The van der Waals surface area contributed by atoms with Crippen molar-refractivity contribution in [3.8, 4) is 5.75 Å². The van der Waals surface area contributed by atoms with E-state index in [0.717, 1.165) is 10.6 Å². The zero-order valence-electron chi connectivity index (χ0n) is 17.0. The molecule has 0 aliphatic carbocycles. The fraction of sp³-hybridized carbons (Fsp3) is 0.174. The van der Waals surface area contributed by atoms with Crippen molar-refractivity contribution in [3.63, 3.8) is 0 Å². The number of thiazole rings is 1. The van der Waals surface area contributed by atoms with E-state index in [1.807, 2.05) is 13.8 Å². The summed E-state index contributed by atoms with van der Waals surface area (Å²) in [5.74, 6) is -1.80. The van der Waals surface area contributed by atoms with Gasteiger partial charge in [-0.25, -0.2) is 9.37 Å². The van der Waals surface area contributed by atoms with Crippen LogP contribution in [-0.4, -0.2) is 28.9 Å². The van der Waals surface area contributed by atoms with Crippen molar-refractivity contribution in [2.24, 2.45) is 0 Å². The van der Waals surface area contributed by atoms with Gasteiger partial charge in [-0.1, -0.05) is 12.1 Å². The molecular weight excluding hydrogens is 419 g/mol. The first-order chi connectivity index (χ1) is 14.8. The Bertz CT molecular complexity index is 1180. The van der Waals surface area contributed by atoms with Gasteiger partial charge in [0.15, 0.2) is 5.13 Å². The minimum atomic E-state index is -0.937. The quantitative estimate of drug-likeness (QED) is 0.368. The lowest BCUT2D eigenvalue weighted by Crippen LogP contribution is -2.29. The molecule has 1 aromatic heterocycles. The number of benzene rings is 2. The van der Waals surface area contributed by atoms with Gasteiger partial charge in [-0.05, 0) is 55.8 Å². The number of anilines is 1. The topological polar surface area (TPSA) is 79.7 Å². The number of aliphatic hydroxyl groups is 1. The zero-order chi connectivity index (χ0) is 22.3. The van der Waals surface area contributed by atoms with Crippen molar-refractivity contribution in [2.45, 2.75) is 19.9 Å². The minimum absolute atomic E-state index is 0.0766. The normalized spacial score (nSPS) is 17.9. The first-order valence-electron chi connectivity index (χ1n) is 9.46. The molecular formula is C23H19FN2O4S. The van der Waals surface area contributed by atoms with Gasteiger partial charge in [-0.15, -0.1) is 11.3 Å². The van der Waals surface area contributed by atoms with E-state index in [0.29, 0.717) is 22.0 Å². The van der Waals surface area contributed by atoms with Crippen LogP contribution in [0.15, 0.2) is 54.1 Å². The number of carbonyl (C=O) groups is 2. The van der Waals surface area contributed by atoms with E-state index in [1.165, 1.54) is 47.6 Å². The van der Waals surface area contributed by atoms with Crippen LogP contribution in [0.3, 0.4) is 0 Å². The SMILES string of the molecule is COc1ccc(C(O)=C2C(=O)C(=O)N(c3nc(C)c(C)s3)[C@H]2c2ccc(F)cc2)cc1. The average Bonchev–Trinajstić information content (AvgIpc) is 3.23. The van der Waals surface area contributed by atoms with Gasteiger partial charge in [0, 0.05) is 10.4 Å². The van der Waals surface area contributed by atoms with Crippen LogP contribution >= 0.6 is 11.3 Å². The first-order valence-corrected chi connectivity index (χ1v) is 10.3. The maximum absolute atomic E-state index is 13.6. The molecule has 2 heterocycles. The molecule has 1 aliphatic heterocycles. The number of rotatable bonds is 4. The molecule has 0 spiro atoms. The van der Waals surface area contributed by atoms with Crippen LogP contribution in [0.25, 0.3) is 5.76 Å². The number of ether oxygens (including phenoxy) is 1. The smallest absolute Gasteiger partial charge is 0.301 e. The molecule has 0 unspecified atom stereocenters. The molecule has 158 valence electrons. The van der Waals surface area contributed by atoms with Gasteiger partial charge in [0.2, 0.25) is 0 Å². The van der Waals surface area contributed by atoms with Crippen LogP contribution < -0.4 is 9.64 Å². The molecule has 1 N–H and O–H groups in total. The number of ketones is 1. The lowest BCUT2D eigenvalue weighted by Gasteiger charge is -2.23. The molecule has 1 amide bonds. The van der Waals surface area contributed by atoms with E-state index in [1.54, 1.807) is 24.3 Å². The van der Waals surface area contributed by atoms with E-state index in [9.17, 15) is 19.1 Å². The summed E-state index contributed by atoms with van der Waals surface area (Å²) in [5.41, 5.74) is 1.51. The summed E-state index contributed by atoms with van der Waals surface area (Å²) >= 11 is 1.28. The standard InChI is InChI=1S/C23H19FN2O4S/c1-12-13(2)31-23(25-12)26-19(14-4-8-16(24)9-5-14)18(21(28)22(26)29)20(27)15-6-10-17(30-3)11-7-15/h4-11,19,27H,1-3H3/t19-/m0/s1. The lowest BCUT2D eigenvalue weighted by molar-refractivity contribution is -0.132. The number of amides is 1. The Morgan fingerprint density at radius 1 is 1.10 bits per heavy atom. The molecule has 0 saturated carbocycles. The van der Waals surface area contributed by atoms with Crippen LogP contribution in [0.5, 0.6) is 5.75 Å².